The third-order valence-electron chi connectivity index (χ3n) is 3.53. The normalized spacial score (nSPS) is 10.4. The summed E-state index contributed by atoms with van der Waals surface area (Å²) in [4.78, 5) is 23.4. The summed E-state index contributed by atoms with van der Waals surface area (Å²) in [7, 11) is 4.28. The van der Waals surface area contributed by atoms with Gasteiger partial charge in [-0.15, -0.1) is 0 Å². The average molecular weight is 397 g/mol. The van der Waals surface area contributed by atoms with Crippen LogP contribution >= 0.6 is 15.9 Å². The number of carbonyl (C=O) groups is 2. The molecular weight excluding hydrogens is 380 g/mol. The fourth-order valence-corrected chi connectivity index (χ4v) is 3.03. The molecule has 0 bridgehead atoms. The van der Waals surface area contributed by atoms with Crippen LogP contribution in [0.2, 0.25) is 0 Å². The van der Waals surface area contributed by atoms with Crippen molar-refractivity contribution in [3.05, 3.63) is 27.7 Å². The highest BCUT2D eigenvalue weighted by molar-refractivity contribution is 9.10. The van der Waals surface area contributed by atoms with Gasteiger partial charge in [-0.3, -0.25) is 4.79 Å². The molecule has 2 rings (SSSR count). The minimum absolute atomic E-state index is 0.296. The Morgan fingerprint density at radius 1 is 1.04 bits per heavy atom. The van der Waals surface area contributed by atoms with Gasteiger partial charge >= 0.3 is 11.9 Å². The van der Waals surface area contributed by atoms with Crippen molar-refractivity contribution < 1.29 is 28.5 Å². The molecule has 6 nitrogen and oxygen atoms in total. The van der Waals surface area contributed by atoms with Gasteiger partial charge in [-0.1, -0.05) is 0 Å². The zero-order valence-electron chi connectivity index (χ0n) is 14.0. The molecule has 0 fully saturated rings. The zero-order valence-corrected chi connectivity index (χ0v) is 15.6. The van der Waals surface area contributed by atoms with Crippen molar-refractivity contribution in [1.29, 1.82) is 0 Å². The van der Waals surface area contributed by atoms with Gasteiger partial charge in [0, 0.05) is 17.9 Å². The first-order chi connectivity index (χ1) is 11.3. The molecule has 0 N–H and O–H groups in total. The van der Waals surface area contributed by atoms with E-state index in [-0.39, 0.29) is 0 Å². The van der Waals surface area contributed by atoms with E-state index in [1.165, 1.54) is 34.3 Å². The maximum absolute atomic E-state index is 11.9. The van der Waals surface area contributed by atoms with Crippen LogP contribution in [0.1, 0.15) is 22.8 Å². The van der Waals surface area contributed by atoms with E-state index >= 15 is 0 Å². The van der Waals surface area contributed by atoms with Gasteiger partial charge in [0.2, 0.25) is 0 Å². The Hall–Kier alpha value is -2.28. The van der Waals surface area contributed by atoms with Gasteiger partial charge in [-0.05, 0) is 35.0 Å². The van der Waals surface area contributed by atoms with Crippen molar-refractivity contribution in [2.45, 2.75) is 13.8 Å². The van der Waals surface area contributed by atoms with Crippen molar-refractivity contribution in [1.82, 2.24) is 0 Å². The van der Waals surface area contributed by atoms with Gasteiger partial charge in [0.05, 0.1) is 36.8 Å². The monoisotopic (exact) mass is 396 g/mol. The lowest BCUT2D eigenvalue weighted by Gasteiger charge is -2.18. The van der Waals surface area contributed by atoms with E-state index in [9.17, 15) is 9.59 Å². The number of hydrogen-bond donors (Lipinski definition) is 0. The summed E-state index contributed by atoms with van der Waals surface area (Å²) in [6.45, 7) is 3.11. The second kappa shape index (κ2) is 7.09. The number of rotatable bonds is 4. The van der Waals surface area contributed by atoms with E-state index < -0.39 is 11.9 Å². The van der Waals surface area contributed by atoms with Gasteiger partial charge in [-0.25, -0.2) is 4.79 Å². The molecule has 0 amide bonds. The fourth-order valence-electron chi connectivity index (χ4n) is 2.47. The molecule has 0 heterocycles. The smallest absolute Gasteiger partial charge is 0.338 e. The van der Waals surface area contributed by atoms with Gasteiger partial charge in [0.15, 0.2) is 0 Å². The minimum atomic E-state index is -0.511. The zero-order chi connectivity index (χ0) is 18.0. The summed E-state index contributed by atoms with van der Waals surface area (Å²) in [5, 5.41) is 1.10. The molecular formula is C17H17BrO6. The largest absolute Gasteiger partial charge is 0.496 e. The minimum Gasteiger partial charge on any atom is -0.496 e. The maximum atomic E-state index is 11.9. The molecule has 128 valence electrons. The summed E-state index contributed by atoms with van der Waals surface area (Å²) in [5.74, 6) is 0.248. The molecule has 0 atom stereocenters. The van der Waals surface area contributed by atoms with E-state index in [1.54, 1.807) is 13.0 Å². The van der Waals surface area contributed by atoms with Crippen LogP contribution in [0.25, 0.3) is 10.8 Å². The number of ether oxygens (including phenoxy) is 4. The van der Waals surface area contributed by atoms with Crippen LogP contribution < -0.4 is 14.2 Å². The van der Waals surface area contributed by atoms with E-state index in [2.05, 4.69) is 15.9 Å². The Morgan fingerprint density at radius 3 is 2.21 bits per heavy atom. The molecule has 0 spiro atoms. The molecule has 0 saturated carbocycles. The Morgan fingerprint density at radius 2 is 1.71 bits per heavy atom. The van der Waals surface area contributed by atoms with Crippen LogP contribution in [0.4, 0.5) is 0 Å². The number of methoxy groups -OCH3 is 3. The highest BCUT2D eigenvalue weighted by Gasteiger charge is 2.23. The third-order valence-corrected chi connectivity index (χ3v) is 4.49. The number of halogens is 1. The second-order valence-electron chi connectivity index (χ2n) is 4.99. The summed E-state index contributed by atoms with van der Waals surface area (Å²) in [6, 6.07) is 3.15. The second-order valence-corrected chi connectivity index (χ2v) is 5.78. The van der Waals surface area contributed by atoms with E-state index in [0.717, 1.165) is 0 Å². The predicted octanol–water partition coefficient (Wildman–Crippen LogP) is 3.64. The molecule has 0 aromatic heterocycles. The SMILES string of the molecule is COC(=O)c1cc(OC)c2c(OC(C)=O)c(C)c(Br)c(OC)c2c1. The molecule has 24 heavy (non-hydrogen) atoms. The van der Waals surface area contributed by atoms with Gasteiger partial charge in [0.25, 0.3) is 0 Å². The summed E-state index contributed by atoms with van der Waals surface area (Å²) >= 11 is 3.45. The van der Waals surface area contributed by atoms with Crippen LogP contribution in [0.15, 0.2) is 16.6 Å². The summed E-state index contributed by atoms with van der Waals surface area (Å²) < 4.78 is 21.7. The number of benzene rings is 2. The van der Waals surface area contributed by atoms with Crippen LogP contribution in [-0.2, 0) is 9.53 Å². The van der Waals surface area contributed by atoms with Crippen LogP contribution in [0, 0.1) is 6.92 Å². The fraction of sp³-hybridized carbons (Fsp3) is 0.294. The number of carbonyl (C=O) groups excluding carboxylic acids is 2. The van der Waals surface area contributed by atoms with Crippen molar-refractivity contribution in [2.24, 2.45) is 0 Å². The molecule has 0 unspecified atom stereocenters. The molecule has 0 aliphatic rings. The van der Waals surface area contributed by atoms with Crippen molar-refractivity contribution in [3.8, 4) is 17.2 Å². The Labute approximate surface area is 147 Å². The highest BCUT2D eigenvalue weighted by atomic mass is 79.9. The molecule has 0 aliphatic carbocycles. The standard InChI is InChI=1S/C17H17BrO6/c1-8-14(18)16(22-4)11-6-10(17(20)23-5)7-12(21-3)13(11)15(8)24-9(2)19/h6-7H,1-5H3. The van der Waals surface area contributed by atoms with E-state index in [4.69, 9.17) is 18.9 Å². The first-order valence-electron chi connectivity index (χ1n) is 7.00. The lowest BCUT2D eigenvalue weighted by molar-refractivity contribution is -0.131. The molecule has 7 heteroatoms. The first-order valence-corrected chi connectivity index (χ1v) is 7.79. The molecule has 0 radical (unpaired) electrons. The van der Waals surface area contributed by atoms with Crippen molar-refractivity contribution >= 4 is 38.6 Å². The van der Waals surface area contributed by atoms with Crippen molar-refractivity contribution in [2.75, 3.05) is 21.3 Å². The van der Waals surface area contributed by atoms with Crippen molar-refractivity contribution in [3.63, 3.8) is 0 Å². The maximum Gasteiger partial charge on any atom is 0.338 e. The molecule has 2 aromatic rings. The lowest BCUT2D eigenvalue weighted by Crippen LogP contribution is -2.07. The Kier molecular flexibility index (Phi) is 5.33. The Bertz CT molecular complexity index is 828. The first kappa shape index (κ1) is 18.1. The number of esters is 2. The molecule has 0 saturated heterocycles. The van der Waals surface area contributed by atoms with Crippen LogP contribution in [0.5, 0.6) is 17.2 Å². The van der Waals surface area contributed by atoms with Gasteiger partial charge in [0.1, 0.15) is 17.2 Å². The Balaban J connectivity index is 3.00. The quantitative estimate of drug-likeness (QED) is 0.580. The van der Waals surface area contributed by atoms with Crippen LogP contribution in [0.3, 0.4) is 0 Å². The third kappa shape index (κ3) is 3.03. The number of hydrogen-bond acceptors (Lipinski definition) is 6. The summed E-state index contributed by atoms with van der Waals surface area (Å²) in [6.07, 6.45) is 0. The van der Waals surface area contributed by atoms with Gasteiger partial charge < -0.3 is 18.9 Å². The predicted molar refractivity (Wildman–Crippen MR) is 92.1 cm³/mol. The highest BCUT2D eigenvalue weighted by Crippen LogP contribution is 2.47. The topological polar surface area (TPSA) is 71.1 Å². The average Bonchev–Trinajstić information content (AvgIpc) is 2.57. The molecule has 0 aliphatic heterocycles. The van der Waals surface area contributed by atoms with E-state index in [1.807, 2.05) is 0 Å². The molecule has 2 aromatic carbocycles. The van der Waals surface area contributed by atoms with E-state index in [0.29, 0.717) is 43.6 Å². The number of fused-ring (bicyclic) bond motifs is 1. The summed E-state index contributed by atoms with van der Waals surface area (Å²) in [5.41, 5.74) is 0.975. The lowest BCUT2D eigenvalue weighted by atomic mass is 10.0. The van der Waals surface area contributed by atoms with Crippen LogP contribution in [-0.4, -0.2) is 33.3 Å². The van der Waals surface area contributed by atoms with Gasteiger partial charge in [-0.2, -0.15) is 0 Å².